The first-order chi connectivity index (χ1) is 13.0. The number of benzene rings is 2. The lowest BCUT2D eigenvalue weighted by Crippen LogP contribution is -2.05. The quantitative estimate of drug-likeness (QED) is 0.471. The van der Waals surface area contributed by atoms with Crippen molar-refractivity contribution in [3.05, 3.63) is 59.9 Å². The Morgan fingerprint density at radius 3 is 2.52 bits per heavy atom. The lowest BCUT2D eigenvalue weighted by molar-refractivity contribution is 0.509. The summed E-state index contributed by atoms with van der Waals surface area (Å²) in [6, 6.07) is 9.44. The molecule has 2 heterocycles. The van der Waals surface area contributed by atoms with Gasteiger partial charge in [0.1, 0.15) is 12.0 Å². The SMILES string of the molecule is Cc1ccc2nc(Nc3ncnc(Nc4ccc(F)c(F)c4)c3N)sc2c1. The summed E-state index contributed by atoms with van der Waals surface area (Å²) in [6.07, 6.45) is 1.32. The fraction of sp³-hybridized carbons (Fsp3) is 0.0556. The lowest BCUT2D eigenvalue weighted by Gasteiger charge is -2.11. The maximum atomic E-state index is 13.4. The number of nitrogens with zero attached hydrogens (tertiary/aromatic N) is 3. The van der Waals surface area contributed by atoms with Gasteiger partial charge in [0, 0.05) is 11.8 Å². The molecule has 6 nitrogen and oxygen atoms in total. The molecule has 136 valence electrons. The van der Waals surface area contributed by atoms with E-state index in [2.05, 4.69) is 31.7 Å². The van der Waals surface area contributed by atoms with E-state index >= 15 is 0 Å². The van der Waals surface area contributed by atoms with Crippen LogP contribution >= 0.6 is 11.3 Å². The summed E-state index contributed by atoms with van der Waals surface area (Å²) in [5.41, 5.74) is 8.70. The molecule has 0 aliphatic heterocycles. The van der Waals surface area contributed by atoms with Gasteiger partial charge in [-0.05, 0) is 36.8 Å². The number of anilines is 5. The van der Waals surface area contributed by atoms with Gasteiger partial charge < -0.3 is 16.4 Å². The Hall–Kier alpha value is -3.33. The zero-order valence-corrected chi connectivity index (χ0v) is 14.9. The molecule has 4 N–H and O–H groups in total. The van der Waals surface area contributed by atoms with Crippen LogP contribution in [0.25, 0.3) is 10.2 Å². The summed E-state index contributed by atoms with van der Waals surface area (Å²) >= 11 is 1.48. The van der Waals surface area contributed by atoms with Crippen molar-refractivity contribution in [2.75, 3.05) is 16.4 Å². The number of rotatable bonds is 4. The van der Waals surface area contributed by atoms with Crippen molar-refractivity contribution in [3.63, 3.8) is 0 Å². The molecule has 2 aromatic carbocycles. The Morgan fingerprint density at radius 2 is 1.74 bits per heavy atom. The second-order valence-electron chi connectivity index (χ2n) is 5.85. The van der Waals surface area contributed by atoms with Crippen LogP contribution in [0.3, 0.4) is 0 Å². The summed E-state index contributed by atoms with van der Waals surface area (Å²) in [7, 11) is 0. The van der Waals surface area contributed by atoms with Crippen LogP contribution in [0, 0.1) is 18.6 Å². The highest BCUT2D eigenvalue weighted by Gasteiger charge is 2.12. The van der Waals surface area contributed by atoms with Crippen molar-refractivity contribution in [2.45, 2.75) is 6.92 Å². The second kappa shape index (κ2) is 6.76. The van der Waals surface area contributed by atoms with Gasteiger partial charge in [0.05, 0.1) is 10.2 Å². The van der Waals surface area contributed by atoms with E-state index in [0.29, 0.717) is 16.6 Å². The number of fused-ring (bicyclic) bond motifs is 1. The smallest absolute Gasteiger partial charge is 0.189 e. The van der Waals surface area contributed by atoms with Gasteiger partial charge in [-0.25, -0.2) is 23.7 Å². The van der Waals surface area contributed by atoms with Gasteiger partial charge >= 0.3 is 0 Å². The Kier molecular flexibility index (Phi) is 4.28. The molecule has 4 aromatic rings. The third-order valence-corrected chi connectivity index (χ3v) is 4.77. The van der Waals surface area contributed by atoms with E-state index in [1.165, 1.54) is 23.7 Å². The molecule has 2 aromatic heterocycles. The zero-order chi connectivity index (χ0) is 19.0. The van der Waals surface area contributed by atoms with E-state index in [9.17, 15) is 8.78 Å². The Bertz CT molecular complexity index is 1140. The summed E-state index contributed by atoms with van der Waals surface area (Å²) in [4.78, 5) is 12.7. The first-order valence-electron chi connectivity index (χ1n) is 7.96. The average Bonchev–Trinajstić information content (AvgIpc) is 3.03. The van der Waals surface area contributed by atoms with Gasteiger partial charge in [0.2, 0.25) is 0 Å². The van der Waals surface area contributed by atoms with Crippen molar-refractivity contribution in [2.24, 2.45) is 0 Å². The van der Waals surface area contributed by atoms with Crippen molar-refractivity contribution in [1.82, 2.24) is 15.0 Å². The Labute approximate surface area is 157 Å². The first-order valence-corrected chi connectivity index (χ1v) is 8.78. The van der Waals surface area contributed by atoms with Gasteiger partial charge in [0.25, 0.3) is 0 Å². The molecular weight excluding hydrogens is 370 g/mol. The highest BCUT2D eigenvalue weighted by atomic mass is 32.1. The Balaban J connectivity index is 1.61. The maximum absolute atomic E-state index is 13.4. The second-order valence-corrected chi connectivity index (χ2v) is 6.88. The van der Waals surface area contributed by atoms with Crippen LogP contribution in [-0.4, -0.2) is 15.0 Å². The Morgan fingerprint density at radius 1 is 0.963 bits per heavy atom. The largest absolute Gasteiger partial charge is 0.393 e. The van der Waals surface area contributed by atoms with E-state index in [0.717, 1.165) is 27.9 Å². The number of nitrogen functional groups attached to an aromatic ring is 1. The number of hydrogen-bond donors (Lipinski definition) is 3. The van der Waals surface area contributed by atoms with Crippen LogP contribution in [0.2, 0.25) is 0 Å². The minimum absolute atomic E-state index is 0.234. The summed E-state index contributed by atoms with van der Waals surface area (Å²) < 4.78 is 27.5. The molecule has 0 aliphatic rings. The lowest BCUT2D eigenvalue weighted by atomic mass is 10.2. The van der Waals surface area contributed by atoms with Gasteiger partial charge in [0.15, 0.2) is 28.4 Å². The third kappa shape index (κ3) is 3.49. The summed E-state index contributed by atoms with van der Waals surface area (Å²) in [6.45, 7) is 2.02. The number of nitrogens with one attached hydrogen (secondary N) is 2. The summed E-state index contributed by atoms with van der Waals surface area (Å²) in [5.74, 6) is -1.25. The van der Waals surface area contributed by atoms with Crippen molar-refractivity contribution in [1.29, 1.82) is 0 Å². The van der Waals surface area contributed by atoms with Crippen LogP contribution in [0.1, 0.15) is 5.56 Å². The number of hydrogen-bond acceptors (Lipinski definition) is 7. The number of nitrogens with two attached hydrogens (primary N) is 1. The first kappa shape index (κ1) is 17.1. The van der Waals surface area contributed by atoms with Crippen LogP contribution < -0.4 is 16.4 Å². The van der Waals surface area contributed by atoms with Crippen molar-refractivity contribution >= 4 is 49.7 Å². The molecule has 0 saturated heterocycles. The van der Waals surface area contributed by atoms with E-state index in [4.69, 9.17) is 5.73 Å². The standard InChI is InChI=1S/C18H14F2N6S/c1-9-2-5-13-14(6-9)27-18(25-13)26-17-15(21)16(22-8-23-17)24-10-3-4-11(19)12(20)7-10/h2-8H,21H2,1H3,(H2,22,23,24,25,26). The molecule has 0 bridgehead atoms. The molecule has 0 atom stereocenters. The summed E-state index contributed by atoms with van der Waals surface area (Å²) in [5, 5.41) is 6.58. The number of thiazole rings is 1. The molecule has 0 fully saturated rings. The van der Waals surface area contributed by atoms with Crippen LogP contribution in [0.15, 0.2) is 42.7 Å². The maximum Gasteiger partial charge on any atom is 0.189 e. The van der Waals surface area contributed by atoms with Gasteiger partial charge in [-0.1, -0.05) is 17.4 Å². The number of aromatic nitrogens is 3. The molecule has 0 amide bonds. The topological polar surface area (TPSA) is 88.8 Å². The van der Waals surface area contributed by atoms with Gasteiger partial charge in [-0.3, -0.25) is 0 Å². The van der Waals surface area contributed by atoms with Crippen LogP contribution in [0.5, 0.6) is 0 Å². The normalized spacial score (nSPS) is 10.9. The van der Waals surface area contributed by atoms with Crippen LogP contribution in [0.4, 0.5) is 36.9 Å². The number of aryl methyl sites for hydroxylation is 1. The molecule has 0 aliphatic carbocycles. The average molecular weight is 384 g/mol. The van der Waals surface area contributed by atoms with Crippen molar-refractivity contribution < 1.29 is 8.78 Å². The predicted molar refractivity (Wildman–Crippen MR) is 104 cm³/mol. The van der Waals surface area contributed by atoms with Crippen molar-refractivity contribution in [3.8, 4) is 0 Å². The third-order valence-electron chi connectivity index (χ3n) is 3.84. The molecule has 0 saturated carbocycles. The number of halogens is 2. The molecular formula is C18H14F2N6S. The monoisotopic (exact) mass is 384 g/mol. The fourth-order valence-electron chi connectivity index (χ4n) is 2.49. The highest BCUT2D eigenvalue weighted by Crippen LogP contribution is 2.32. The minimum atomic E-state index is -0.962. The van der Waals surface area contributed by atoms with Gasteiger partial charge in [-0.2, -0.15) is 0 Å². The van der Waals surface area contributed by atoms with E-state index < -0.39 is 11.6 Å². The van der Waals surface area contributed by atoms with E-state index in [1.807, 2.05) is 19.1 Å². The highest BCUT2D eigenvalue weighted by molar-refractivity contribution is 7.22. The van der Waals surface area contributed by atoms with Crippen LogP contribution in [-0.2, 0) is 0 Å². The molecule has 0 spiro atoms. The van der Waals surface area contributed by atoms with Gasteiger partial charge in [-0.15, -0.1) is 0 Å². The minimum Gasteiger partial charge on any atom is -0.393 e. The molecule has 9 heteroatoms. The predicted octanol–water partition coefficient (Wildman–Crippen LogP) is 4.74. The fourth-order valence-corrected chi connectivity index (χ4v) is 3.46. The van der Waals surface area contributed by atoms with E-state index in [1.54, 1.807) is 0 Å². The zero-order valence-electron chi connectivity index (χ0n) is 14.1. The molecule has 0 unspecified atom stereocenters. The van der Waals surface area contributed by atoms with E-state index in [-0.39, 0.29) is 11.5 Å². The molecule has 0 radical (unpaired) electrons. The molecule has 4 rings (SSSR count). The molecule has 27 heavy (non-hydrogen) atoms.